The Kier molecular flexibility index (Phi) is 29.7. The smallest absolute Gasteiger partial charge is 0.410 e. The number of nitrogens with one attached hydrogen (secondary N) is 4. The molecule has 0 aromatic rings. The molecule has 74 heavy (non-hydrogen) atoms. The number of amides is 10. The van der Waals surface area contributed by atoms with Crippen molar-refractivity contribution in [3.8, 4) is 0 Å². The minimum Gasteiger partial charge on any atom is -0.468 e. The van der Waals surface area contributed by atoms with Gasteiger partial charge in [0.1, 0.15) is 60.6 Å². The lowest BCUT2D eigenvalue weighted by atomic mass is 10.1. The van der Waals surface area contributed by atoms with E-state index in [0.29, 0.717) is 0 Å². The Morgan fingerprint density at radius 2 is 0.946 bits per heavy atom. The number of hydrogen-bond acceptors (Lipinski definition) is 17. The molecular formula is C47H82N10O15S2. The average Bonchev–Trinajstić information content (AvgIpc) is 3.32. The van der Waals surface area contributed by atoms with Crippen molar-refractivity contribution >= 4 is 89.1 Å². The molecule has 0 aromatic carbocycles. The molecule has 27 heteroatoms. The van der Waals surface area contributed by atoms with E-state index in [1.165, 1.54) is 81.7 Å². The molecule has 4 N–H and O–H groups in total. The van der Waals surface area contributed by atoms with Gasteiger partial charge < -0.3 is 64.7 Å². The molecule has 0 bridgehead atoms. The van der Waals surface area contributed by atoms with Gasteiger partial charge in [-0.05, 0) is 66.9 Å². The van der Waals surface area contributed by atoms with Crippen molar-refractivity contribution in [3.63, 3.8) is 0 Å². The molecule has 0 aromatic heterocycles. The average molecular weight is 1090 g/mol. The van der Waals surface area contributed by atoms with Crippen LogP contribution >= 0.6 is 23.5 Å². The Balaban J connectivity index is 6.49. The second-order valence-electron chi connectivity index (χ2n) is 19.0. The topological polar surface area (TPSA) is 292 Å². The molecule has 0 fully saturated rings. The third kappa shape index (κ3) is 23.1. The van der Waals surface area contributed by atoms with Crippen molar-refractivity contribution in [1.82, 2.24) is 50.7 Å². The van der Waals surface area contributed by atoms with Crippen LogP contribution in [0, 0.1) is 0 Å². The second kappa shape index (κ2) is 32.3. The van der Waals surface area contributed by atoms with E-state index < -0.39 is 139 Å². The number of carbonyl (C=O) groups is 11. The van der Waals surface area contributed by atoms with Crippen LogP contribution in [0.1, 0.15) is 68.2 Å². The first-order valence-corrected chi connectivity index (χ1v) is 26.4. The maximum absolute atomic E-state index is 14.2. The predicted molar refractivity (Wildman–Crippen MR) is 280 cm³/mol. The summed E-state index contributed by atoms with van der Waals surface area (Å²) in [5.41, 5.74) is -1.93. The summed E-state index contributed by atoms with van der Waals surface area (Å²) in [4.78, 5) is 154. The van der Waals surface area contributed by atoms with Crippen LogP contribution in [-0.2, 0) is 57.3 Å². The zero-order chi connectivity index (χ0) is 57.4. The van der Waals surface area contributed by atoms with Gasteiger partial charge in [-0.25, -0.2) is 14.4 Å². The van der Waals surface area contributed by atoms with Crippen molar-refractivity contribution in [3.05, 3.63) is 12.7 Å². The maximum atomic E-state index is 14.2. The summed E-state index contributed by atoms with van der Waals surface area (Å²) < 4.78 is 20.4. The first-order valence-electron chi connectivity index (χ1n) is 23.7. The van der Waals surface area contributed by atoms with Crippen LogP contribution in [0.2, 0.25) is 0 Å². The Morgan fingerprint density at radius 1 is 0.568 bits per heavy atom. The van der Waals surface area contributed by atoms with Gasteiger partial charge in [0.05, 0.1) is 13.7 Å². The van der Waals surface area contributed by atoms with E-state index in [4.69, 9.17) is 14.2 Å². The Hall–Kier alpha value is -5.99. The molecule has 25 nitrogen and oxygen atoms in total. The fraction of sp³-hybridized carbons (Fsp3) is 0.723. The van der Waals surface area contributed by atoms with Crippen LogP contribution in [0.25, 0.3) is 0 Å². The minimum absolute atomic E-state index is 0.0657. The Morgan fingerprint density at radius 3 is 1.28 bits per heavy atom. The van der Waals surface area contributed by atoms with Crippen LogP contribution < -0.4 is 21.3 Å². The van der Waals surface area contributed by atoms with Gasteiger partial charge in [-0.2, -0.15) is 23.5 Å². The molecule has 0 heterocycles. The minimum atomic E-state index is -1.51. The summed E-state index contributed by atoms with van der Waals surface area (Å²) >= 11 is 2.51. The van der Waals surface area contributed by atoms with Gasteiger partial charge in [-0.15, -0.1) is 0 Å². The molecule has 0 spiro atoms. The molecule has 10 amide bonds. The zero-order valence-electron chi connectivity index (χ0n) is 46.2. The van der Waals surface area contributed by atoms with E-state index in [-0.39, 0.29) is 31.0 Å². The van der Waals surface area contributed by atoms with Gasteiger partial charge in [0.15, 0.2) is 0 Å². The van der Waals surface area contributed by atoms with E-state index in [2.05, 4.69) is 32.6 Å². The standard InChI is InChI=1S/C47H82N10O15S2/c1-19-22-70-45(68)57(15)32(21-3)42(65)56(14)34(28-74-18)40(63)52(10)25-29(50-43(66)71-46(4,5)6)37(60)48-23-35(58)54(12)31(20-2)41(64)55(13)33(27-73-17)39(62)53(11)26-30(38(61)49-24-36(59)69-16)51-44(67)72-47(7,8)9/h19,29-34H,1,20-28H2,2-18H3,(H,48,60)(H,49,61)(H,50,66)(H,51,67)/t29-,30-,31+,32+,33+,34+/m1/s1. The number of nitrogens with zero attached hydrogens (tertiary/aromatic N) is 6. The lowest BCUT2D eigenvalue weighted by molar-refractivity contribution is -0.149. The van der Waals surface area contributed by atoms with Crippen LogP contribution in [-0.4, -0.2) is 249 Å². The first-order chi connectivity index (χ1) is 34.3. The van der Waals surface area contributed by atoms with Crippen molar-refractivity contribution < 1.29 is 71.7 Å². The van der Waals surface area contributed by atoms with Crippen LogP contribution in [0.4, 0.5) is 14.4 Å². The van der Waals surface area contributed by atoms with Crippen LogP contribution in [0.15, 0.2) is 12.7 Å². The molecule has 422 valence electrons. The van der Waals surface area contributed by atoms with Gasteiger partial charge >= 0.3 is 24.2 Å². The third-order valence-electron chi connectivity index (χ3n) is 10.9. The van der Waals surface area contributed by atoms with E-state index in [0.717, 1.165) is 26.7 Å². The number of alkyl carbamates (subject to hydrolysis) is 2. The number of thioether (sulfide) groups is 2. The number of carbonyl (C=O) groups excluding carboxylic acids is 11. The van der Waals surface area contributed by atoms with E-state index in [9.17, 15) is 52.7 Å². The summed E-state index contributed by atoms with van der Waals surface area (Å²) in [5, 5.41) is 9.70. The molecule has 0 aliphatic carbocycles. The summed E-state index contributed by atoms with van der Waals surface area (Å²) in [6.45, 7) is 14.3. The van der Waals surface area contributed by atoms with E-state index in [1.807, 2.05) is 0 Å². The monoisotopic (exact) mass is 1090 g/mol. The van der Waals surface area contributed by atoms with Gasteiger partial charge in [-0.3, -0.25) is 43.3 Å². The molecule has 0 saturated heterocycles. The fourth-order valence-corrected chi connectivity index (χ4v) is 8.21. The molecule has 0 radical (unpaired) electrons. The quantitative estimate of drug-likeness (QED) is 0.0478. The highest BCUT2D eigenvalue weighted by Crippen LogP contribution is 2.17. The largest absolute Gasteiger partial charge is 0.468 e. The number of ether oxygens (including phenoxy) is 4. The molecule has 0 saturated carbocycles. The molecular weight excluding hydrogens is 1010 g/mol. The zero-order valence-corrected chi connectivity index (χ0v) is 47.9. The summed E-state index contributed by atoms with van der Waals surface area (Å²) in [6.07, 6.45) is 2.33. The van der Waals surface area contributed by atoms with Crippen molar-refractivity contribution in [2.24, 2.45) is 0 Å². The second-order valence-corrected chi connectivity index (χ2v) is 20.8. The molecule has 0 aliphatic rings. The van der Waals surface area contributed by atoms with Gasteiger partial charge in [-0.1, -0.05) is 26.5 Å². The van der Waals surface area contributed by atoms with E-state index >= 15 is 0 Å². The highest BCUT2D eigenvalue weighted by atomic mass is 32.2. The lowest BCUT2D eigenvalue weighted by Gasteiger charge is -2.36. The molecule has 0 rings (SSSR count). The highest BCUT2D eigenvalue weighted by molar-refractivity contribution is 7.98. The Bertz CT molecular complexity index is 1970. The molecule has 6 atom stereocenters. The highest BCUT2D eigenvalue weighted by Gasteiger charge is 2.39. The first kappa shape index (κ1) is 68.0. The maximum Gasteiger partial charge on any atom is 0.410 e. The van der Waals surface area contributed by atoms with Gasteiger partial charge in [0, 0.05) is 66.9 Å². The van der Waals surface area contributed by atoms with E-state index in [1.54, 1.807) is 67.9 Å². The van der Waals surface area contributed by atoms with Crippen molar-refractivity contribution in [1.29, 1.82) is 0 Å². The van der Waals surface area contributed by atoms with Gasteiger partial charge in [0.2, 0.25) is 41.4 Å². The third-order valence-corrected chi connectivity index (χ3v) is 12.2. The summed E-state index contributed by atoms with van der Waals surface area (Å²) in [7, 11) is 9.38. The summed E-state index contributed by atoms with van der Waals surface area (Å²) in [5.74, 6) is -5.49. The number of likely N-dealkylation sites (N-methyl/N-ethyl adjacent to an activating group) is 6. The number of esters is 1. The van der Waals surface area contributed by atoms with Crippen molar-refractivity contribution in [2.75, 3.05) is 106 Å². The van der Waals surface area contributed by atoms with Gasteiger partial charge in [0.25, 0.3) is 0 Å². The molecule has 0 aliphatic heterocycles. The Labute approximate surface area is 444 Å². The van der Waals surface area contributed by atoms with Crippen molar-refractivity contribution in [2.45, 2.75) is 116 Å². The summed E-state index contributed by atoms with van der Waals surface area (Å²) in [6, 6.07) is -7.31. The van der Waals surface area contributed by atoms with Crippen LogP contribution in [0.3, 0.4) is 0 Å². The number of methoxy groups -OCH3 is 1. The number of rotatable bonds is 28. The lowest BCUT2D eigenvalue weighted by Crippen LogP contribution is -2.59. The predicted octanol–water partition coefficient (Wildman–Crippen LogP) is 0.745. The SMILES string of the molecule is C=CCOC(=O)N(C)[C@@H](CC)C(=O)N(C)[C@@H](CSC)C(=O)N(C)C[C@@H](NC(=O)OC(C)(C)C)C(=O)NCC(=O)N(C)[C@@H](CC)C(=O)N(C)[C@@H](CSC)C(=O)N(C)C[C@@H](NC(=O)OC(C)(C)C)C(=O)NCC(=O)OC. The normalized spacial score (nSPS) is 13.6. The number of hydrogen-bond donors (Lipinski definition) is 4. The molecule has 0 unspecified atom stereocenters. The fourth-order valence-electron chi connectivity index (χ4n) is 6.84. The van der Waals surface area contributed by atoms with Crippen LogP contribution in [0.5, 0.6) is 0 Å².